The summed E-state index contributed by atoms with van der Waals surface area (Å²) < 4.78 is 7.19. The van der Waals surface area contributed by atoms with Crippen molar-refractivity contribution in [2.45, 2.75) is 18.7 Å². The van der Waals surface area contributed by atoms with E-state index in [1.54, 1.807) is 25.7 Å². The Kier molecular flexibility index (Phi) is 5.74. The first-order chi connectivity index (χ1) is 15.7. The van der Waals surface area contributed by atoms with E-state index < -0.39 is 6.23 Å². The number of aliphatic hydroxyl groups excluding tert-OH is 1. The Bertz CT molecular complexity index is 1150. The molecule has 0 aromatic carbocycles. The summed E-state index contributed by atoms with van der Waals surface area (Å²) in [5, 5.41) is 16.7. The van der Waals surface area contributed by atoms with Crippen LogP contribution in [-0.4, -0.2) is 44.8 Å². The molecule has 1 aliphatic rings. The summed E-state index contributed by atoms with van der Waals surface area (Å²) in [7, 11) is 1.64. The lowest BCUT2D eigenvalue weighted by Crippen LogP contribution is -2.45. The molecular weight excluding hydrogens is 424 g/mol. The number of thiazole rings is 1. The summed E-state index contributed by atoms with van der Waals surface area (Å²) >= 11 is 1.51. The molecule has 1 aliphatic heterocycles. The number of rotatable bonds is 8. The second-order valence-electron chi connectivity index (χ2n) is 7.70. The standard InChI is InChI=1S/C23H24N6O2S/c1-31-18-4-5-21(25-11-18)29-13-17(14-29)19-15-32-23(26-19)27-22(30)20-3-2-10-28(20)12-16-6-8-24-9-7-16/h2-11,15,17,22,30H,12-14H2,1H3,(H,26,27). The number of hydrogen-bond acceptors (Lipinski definition) is 8. The van der Waals surface area contributed by atoms with Crippen molar-refractivity contribution in [3.8, 4) is 5.75 Å². The van der Waals surface area contributed by atoms with Crippen molar-refractivity contribution in [1.29, 1.82) is 0 Å². The molecule has 2 N–H and O–H groups in total. The van der Waals surface area contributed by atoms with Gasteiger partial charge >= 0.3 is 0 Å². The Hall–Kier alpha value is -3.43. The van der Waals surface area contributed by atoms with Crippen LogP contribution < -0.4 is 15.0 Å². The quantitative estimate of drug-likeness (QED) is 0.399. The van der Waals surface area contributed by atoms with Gasteiger partial charge in [0.25, 0.3) is 0 Å². The lowest BCUT2D eigenvalue weighted by atomic mass is 9.97. The van der Waals surface area contributed by atoms with Crippen LogP contribution in [0.4, 0.5) is 10.9 Å². The van der Waals surface area contributed by atoms with Gasteiger partial charge in [-0.25, -0.2) is 9.97 Å². The number of aromatic nitrogens is 4. The van der Waals surface area contributed by atoms with Crippen molar-refractivity contribution in [3.63, 3.8) is 0 Å². The Morgan fingerprint density at radius 2 is 2.06 bits per heavy atom. The van der Waals surface area contributed by atoms with Crippen molar-refractivity contribution in [2.75, 3.05) is 30.4 Å². The molecule has 1 atom stereocenters. The fourth-order valence-electron chi connectivity index (χ4n) is 3.77. The SMILES string of the molecule is COc1ccc(N2CC(c3csc(NC(O)c4cccn4Cc4ccncc4)n3)C2)nc1. The molecule has 5 heterocycles. The van der Waals surface area contributed by atoms with Crippen LogP contribution in [0.3, 0.4) is 0 Å². The number of hydrogen-bond donors (Lipinski definition) is 2. The average Bonchev–Trinajstić information content (AvgIpc) is 3.44. The van der Waals surface area contributed by atoms with E-state index in [1.165, 1.54) is 11.3 Å². The zero-order valence-electron chi connectivity index (χ0n) is 17.6. The van der Waals surface area contributed by atoms with Gasteiger partial charge in [0.2, 0.25) is 0 Å². The first-order valence-electron chi connectivity index (χ1n) is 10.4. The molecular formula is C23H24N6O2S. The molecule has 0 saturated carbocycles. The maximum atomic E-state index is 10.8. The fourth-order valence-corrected chi connectivity index (χ4v) is 4.58. The molecule has 0 radical (unpaired) electrons. The summed E-state index contributed by atoms with van der Waals surface area (Å²) in [5.41, 5.74) is 2.96. The largest absolute Gasteiger partial charge is 0.495 e. The smallest absolute Gasteiger partial charge is 0.185 e. The van der Waals surface area contributed by atoms with Crippen LogP contribution in [0, 0.1) is 0 Å². The van der Waals surface area contributed by atoms with Crippen LogP contribution in [0.5, 0.6) is 5.75 Å². The Morgan fingerprint density at radius 1 is 1.22 bits per heavy atom. The van der Waals surface area contributed by atoms with Gasteiger partial charge in [-0.05, 0) is 42.0 Å². The zero-order valence-corrected chi connectivity index (χ0v) is 18.4. The number of nitrogens with zero attached hydrogens (tertiary/aromatic N) is 5. The van der Waals surface area contributed by atoms with Gasteiger partial charge in [0, 0.05) is 49.5 Å². The third-order valence-electron chi connectivity index (χ3n) is 5.61. The molecule has 4 aromatic rings. The fraction of sp³-hybridized carbons (Fsp3) is 0.261. The van der Waals surface area contributed by atoms with E-state index in [0.29, 0.717) is 17.6 Å². The number of ether oxygens (including phenoxy) is 1. The normalized spacial score (nSPS) is 14.8. The molecule has 4 aromatic heterocycles. The predicted octanol–water partition coefficient (Wildman–Crippen LogP) is 3.50. The van der Waals surface area contributed by atoms with Crippen molar-refractivity contribution in [2.24, 2.45) is 0 Å². The van der Waals surface area contributed by atoms with Crippen molar-refractivity contribution in [1.82, 2.24) is 19.5 Å². The summed E-state index contributed by atoms with van der Waals surface area (Å²) in [6.07, 6.45) is 6.41. The second-order valence-corrected chi connectivity index (χ2v) is 8.56. The molecule has 32 heavy (non-hydrogen) atoms. The second kappa shape index (κ2) is 8.97. The molecule has 0 bridgehead atoms. The van der Waals surface area contributed by atoms with Crippen LogP contribution in [-0.2, 0) is 6.54 Å². The van der Waals surface area contributed by atoms with Gasteiger partial charge in [-0.15, -0.1) is 11.3 Å². The van der Waals surface area contributed by atoms with Gasteiger partial charge in [0.15, 0.2) is 11.4 Å². The van der Waals surface area contributed by atoms with E-state index in [4.69, 9.17) is 9.72 Å². The van der Waals surface area contributed by atoms with Crippen LogP contribution in [0.15, 0.2) is 66.6 Å². The van der Waals surface area contributed by atoms with Crippen LogP contribution in [0.1, 0.15) is 29.1 Å². The van der Waals surface area contributed by atoms with Gasteiger partial charge in [-0.2, -0.15) is 0 Å². The van der Waals surface area contributed by atoms with Gasteiger partial charge < -0.3 is 24.6 Å². The number of pyridine rings is 2. The van der Waals surface area contributed by atoms with E-state index in [-0.39, 0.29) is 0 Å². The molecule has 164 valence electrons. The third kappa shape index (κ3) is 4.30. The van der Waals surface area contributed by atoms with Gasteiger partial charge in [-0.3, -0.25) is 4.98 Å². The van der Waals surface area contributed by atoms with E-state index in [0.717, 1.165) is 41.6 Å². The van der Waals surface area contributed by atoms with Gasteiger partial charge in [0.05, 0.1) is 24.7 Å². The third-order valence-corrected chi connectivity index (χ3v) is 6.40. The van der Waals surface area contributed by atoms with Crippen molar-refractivity contribution in [3.05, 3.63) is 83.5 Å². The average molecular weight is 449 g/mol. The van der Waals surface area contributed by atoms with E-state index in [9.17, 15) is 5.11 Å². The topological polar surface area (TPSA) is 88.3 Å². The Balaban J connectivity index is 1.19. The number of nitrogens with one attached hydrogen (secondary N) is 1. The van der Waals surface area contributed by atoms with E-state index in [2.05, 4.69) is 25.6 Å². The summed E-state index contributed by atoms with van der Waals surface area (Å²) in [6, 6.07) is 11.7. The minimum atomic E-state index is -0.841. The lowest BCUT2D eigenvalue weighted by Gasteiger charge is -2.39. The lowest BCUT2D eigenvalue weighted by molar-refractivity contribution is 0.198. The van der Waals surface area contributed by atoms with E-state index >= 15 is 0 Å². The molecule has 0 spiro atoms. The highest BCUT2D eigenvalue weighted by Crippen LogP contribution is 2.33. The maximum Gasteiger partial charge on any atom is 0.185 e. The van der Waals surface area contributed by atoms with Crippen LogP contribution in [0.25, 0.3) is 0 Å². The van der Waals surface area contributed by atoms with Gasteiger partial charge in [-0.1, -0.05) is 0 Å². The number of anilines is 2. The van der Waals surface area contributed by atoms with Gasteiger partial charge in [0.1, 0.15) is 11.6 Å². The minimum absolute atomic E-state index is 0.360. The Labute approximate surface area is 190 Å². The monoisotopic (exact) mass is 448 g/mol. The van der Waals surface area contributed by atoms with E-state index in [1.807, 2.05) is 47.2 Å². The molecule has 1 saturated heterocycles. The van der Waals surface area contributed by atoms with Crippen LogP contribution >= 0.6 is 11.3 Å². The molecule has 0 amide bonds. The zero-order chi connectivity index (χ0) is 21.9. The molecule has 8 nitrogen and oxygen atoms in total. The molecule has 9 heteroatoms. The predicted molar refractivity (Wildman–Crippen MR) is 124 cm³/mol. The molecule has 1 unspecified atom stereocenters. The minimum Gasteiger partial charge on any atom is -0.495 e. The molecule has 1 fully saturated rings. The maximum absolute atomic E-state index is 10.8. The molecule has 0 aliphatic carbocycles. The highest BCUT2D eigenvalue weighted by Gasteiger charge is 2.31. The van der Waals surface area contributed by atoms with Crippen molar-refractivity contribution >= 4 is 22.3 Å². The summed E-state index contributed by atoms with van der Waals surface area (Å²) in [6.45, 7) is 2.42. The molecule has 5 rings (SSSR count). The van der Waals surface area contributed by atoms with Crippen molar-refractivity contribution < 1.29 is 9.84 Å². The highest BCUT2D eigenvalue weighted by molar-refractivity contribution is 7.13. The first-order valence-corrected chi connectivity index (χ1v) is 11.3. The highest BCUT2D eigenvalue weighted by atomic mass is 32.1. The van der Waals surface area contributed by atoms with Crippen LogP contribution in [0.2, 0.25) is 0 Å². The summed E-state index contributed by atoms with van der Waals surface area (Å²) in [5.74, 6) is 2.06. The number of methoxy groups -OCH3 is 1. The summed E-state index contributed by atoms with van der Waals surface area (Å²) in [4.78, 5) is 15.4. The Morgan fingerprint density at radius 3 is 2.81 bits per heavy atom. The first kappa shape index (κ1) is 20.5. The number of aliphatic hydroxyl groups is 1.